The Labute approximate surface area is 90.4 Å². The number of aryl methyl sites for hydroxylation is 1. The molecule has 0 unspecified atom stereocenters. The fourth-order valence-electron chi connectivity index (χ4n) is 1.74. The highest BCUT2D eigenvalue weighted by Gasteiger charge is 2.16. The Balaban J connectivity index is 3.16. The van der Waals surface area contributed by atoms with E-state index in [9.17, 15) is 4.79 Å². The van der Waals surface area contributed by atoms with E-state index in [1.165, 1.54) is 5.69 Å². The van der Waals surface area contributed by atoms with Gasteiger partial charge in [0.25, 0.3) is 5.91 Å². The molecule has 0 saturated heterocycles. The van der Waals surface area contributed by atoms with Crippen LogP contribution < -0.4 is 11.3 Å². The molecule has 0 aliphatic rings. The maximum Gasteiger partial charge on any atom is 0.281 e. The van der Waals surface area contributed by atoms with Gasteiger partial charge >= 0.3 is 0 Å². The van der Waals surface area contributed by atoms with Crippen molar-refractivity contribution in [1.29, 1.82) is 0 Å². The summed E-state index contributed by atoms with van der Waals surface area (Å²) in [5.74, 6) is 4.93. The van der Waals surface area contributed by atoms with Crippen molar-refractivity contribution in [3.05, 3.63) is 23.5 Å². The number of nitrogen functional groups attached to an aromatic ring is 1. The summed E-state index contributed by atoms with van der Waals surface area (Å²) in [6, 6.07) is 4.13. The molecule has 15 heavy (non-hydrogen) atoms. The van der Waals surface area contributed by atoms with Crippen LogP contribution in [0.4, 0.5) is 0 Å². The van der Waals surface area contributed by atoms with Crippen LogP contribution in [0.1, 0.15) is 49.4 Å². The Morgan fingerprint density at radius 3 is 2.67 bits per heavy atom. The molecule has 0 aliphatic heterocycles. The van der Waals surface area contributed by atoms with Crippen LogP contribution in [0.2, 0.25) is 0 Å². The zero-order chi connectivity index (χ0) is 11.4. The first-order valence-corrected chi connectivity index (χ1v) is 5.36. The molecule has 4 nitrogen and oxygen atoms in total. The van der Waals surface area contributed by atoms with E-state index in [1.807, 2.05) is 12.1 Å². The number of carbonyl (C=O) groups excluding carboxylic acids is 1. The molecule has 3 N–H and O–H groups in total. The van der Waals surface area contributed by atoms with Crippen LogP contribution in [-0.2, 0) is 6.42 Å². The third kappa shape index (κ3) is 2.21. The number of nitrogens with zero attached hydrogens (tertiary/aromatic N) is 1. The predicted molar refractivity (Wildman–Crippen MR) is 60.5 cm³/mol. The second-order valence-electron chi connectivity index (χ2n) is 3.66. The average molecular weight is 209 g/mol. The van der Waals surface area contributed by atoms with Gasteiger partial charge in [-0.25, -0.2) is 5.84 Å². The van der Waals surface area contributed by atoms with Crippen molar-refractivity contribution in [2.75, 3.05) is 0 Å². The van der Waals surface area contributed by atoms with Crippen molar-refractivity contribution < 1.29 is 4.79 Å². The number of amides is 1. The lowest BCUT2D eigenvalue weighted by Crippen LogP contribution is -2.32. The number of rotatable bonds is 4. The summed E-state index contributed by atoms with van der Waals surface area (Å²) in [6.45, 7) is 6.29. The summed E-state index contributed by atoms with van der Waals surface area (Å²) in [6.07, 6.45) is 1.91. The lowest BCUT2D eigenvalue weighted by atomic mass is 10.2. The summed E-state index contributed by atoms with van der Waals surface area (Å²) in [5, 5.41) is 0. The molecule has 0 radical (unpaired) electrons. The van der Waals surface area contributed by atoms with Gasteiger partial charge in [0.05, 0.1) is 0 Å². The highest BCUT2D eigenvalue weighted by molar-refractivity contribution is 5.92. The molecule has 84 valence electrons. The standard InChI is InChI=1S/C11H19N3O/c1-4-8(3)14-9(5-2)6-7-10(14)11(15)13-12/h6-8H,4-5,12H2,1-3H3,(H,13,15)/t8-/m0/s1. The summed E-state index contributed by atoms with van der Waals surface area (Å²) < 4.78 is 2.06. The second-order valence-corrected chi connectivity index (χ2v) is 3.66. The topological polar surface area (TPSA) is 60.1 Å². The van der Waals surface area contributed by atoms with Crippen LogP contribution in [0.5, 0.6) is 0 Å². The molecule has 0 saturated carbocycles. The fraction of sp³-hybridized carbons (Fsp3) is 0.545. The van der Waals surface area contributed by atoms with Crippen molar-refractivity contribution in [3.8, 4) is 0 Å². The summed E-state index contributed by atoms with van der Waals surface area (Å²) in [5.41, 5.74) is 3.99. The SMILES string of the molecule is CCc1ccc(C(=O)NN)n1[C@@H](C)CC. The van der Waals surface area contributed by atoms with Gasteiger partial charge in [-0.3, -0.25) is 10.2 Å². The fourth-order valence-corrected chi connectivity index (χ4v) is 1.74. The molecule has 0 spiro atoms. The molecular weight excluding hydrogens is 190 g/mol. The van der Waals surface area contributed by atoms with E-state index in [0.717, 1.165) is 12.8 Å². The van der Waals surface area contributed by atoms with Crippen molar-refractivity contribution in [3.63, 3.8) is 0 Å². The predicted octanol–water partition coefficient (Wildman–Crippen LogP) is 1.62. The van der Waals surface area contributed by atoms with Gasteiger partial charge in [-0.2, -0.15) is 0 Å². The molecule has 1 amide bonds. The molecule has 0 aliphatic carbocycles. The first-order valence-electron chi connectivity index (χ1n) is 5.36. The Bertz CT molecular complexity index is 344. The third-order valence-electron chi connectivity index (χ3n) is 2.76. The molecule has 4 heteroatoms. The summed E-state index contributed by atoms with van der Waals surface area (Å²) >= 11 is 0. The molecule has 1 aromatic rings. The Kier molecular flexibility index (Phi) is 3.91. The highest BCUT2D eigenvalue weighted by atomic mass is 16.2. The van der Waals surface area contributed by atoms with Crippen molar-refractivity contribution in [1.82, 2.24) is 9.99 Å². The van der Waals surface area contributed by atoms with Gasteiger partial charge in [-0.15, -0.1) is 0 Å². The molecule has 1 heterocycles. The van der Waals surface area contributed by atoms with Crippen molar-refractivity contribution >= 4 is 5.91 Å². The maximum absolute atomic E-state index is 11.5. The van der Waals surface area contributed by atoms with Gasteiger partial charge in [0.2, 0.25) is 0 Å². The van der Waals surface area contributed by atoms with E-state index < -0.39 is 0 Å². The van der Waals surface area contributed by atoms with E-state index in [0.29, 0.717) is 11.7 Å². The minimum Gasteiger partial charge on any atom is -0.338 e. The van der Waals surface area contributed by atoms with Crippen molar-refractivity contribution in [2.45, 2.75) is 39.7 Å². The van der Waals surface area contributed by atoms with Gasteiger partial charge in [0, 0.05) is 11.7 Å². The molecule has 1 aromatic heterocycles. The van der Waals surface area contributed by atoms with E-state index in [1.54, 1.807) is 0 Å². The third-order valence-corrected chi connectivity index (χ3v) is 2.76. The van der Waals surface area contributed by atoms with Crippen LogP contribution in [0.15, 0.2) is 12.1 Å². The summed E-state index contributed by atoms with van der Waals surface area (Å²) in [7, 11) is 0. The number of nitrogens with two attached hydrogens (primary N) is 1. The lowest BCUT2D eigenvalue weighted by molar-refractivity contribution is 0.0942. The lowest BCUT2D eigenvalue weighted by Gasteiger charge is -2.18. The molecular formula is C11H19N3O. The van der Waals surface area contributed by atoms with Gasteiger partial charge in [-0.05, 0) is 31.9 Å². The van der Waals surface area contributed by atoms with Crippen molar-refractivity contribution in [2.24, 2.45) is 5.84 Å². The zero-order valence-corrected chi connectivity index (χ0v) is 9.58. The number of aromatic nitrogens is 1. The molecule has 0 bridgehead atoms. The Morgan fingerprint density at radius 1 is 1.53 bits per heavy atom. The first kappa shape index (κ1) is 11.8. The van der Waals surface area contributed by atoms with Gasteiger partial charge in [0.15, 0.2) is 0 Å². The van der Waals surface area contributed by atoms with Gasteiger partial charge in [-0.1, -0.05) is 13.8 Å². The number of hydrazine groups is 1. The van der Waals surface area contributed by atoms with E-state index >= 15 is 0 Å². The number of nitrogens with one attached hydrogen (secondary N) is 1. The normalized spacial score (nSPS) is 12.5. The van der Waals surface area contributed by atoms with Crippen LogP contribution in [0.3, 0.4) is 0 Å². The van der Waals surface area contributed by atoms with Crippen LogP contribution >= 0.6 is 0 Å². The Hall–Kier alpha value is -1.29. The van der Waals surface area contributed by atoms with Crippen LogP contribution in [0.25, 0.3) is 0 Å². The first-order chi connectivity index (χ1) is 7.15. The molecule has 0 aromatic carbocycles. The molecule has 1 atom stereocenters. The smallest absolute Gasteiger partial charge is 0.281 e. The number of hydrogen-bond donors (Lipinski definition) is 2. The minimum absolute atomic E-state index is 0.227. The number of carbonyl (C=O) groups is 1. The van der Waals surface area contributed by atoms with E-state index in [2.05, 4.69) is 30.8 Å². The molecule has 0 fully saturated rings. The largest absolute Gasteiger partial charge is 0.338 e. The Morgan fingerprint density at radius 2 is 2.20 bits per heavy atom. The summed E-state index contributed by atoms with van der Waals surface area (Å²) in [4.78, 5) is 11.5. The highest BCUT2D eigenvalue weighted by Crippen LogP contribution is 2.19. The molecule has 1 rings (SSSR count). The number of hydrogen-bond acceptors (Lipinski definition) is 2. The monoisotopic (exact) mass is 209 g/mol. The zero-order valence-electron chi connectivity index (χ0n) is 9.58. The van der Waals surface area contributed by atoms with Gasteiger partial charge in [0.1, 0.15) is 5.69 Å². The van der Waals surface area contributed by atoms with E-state index in [-0.39, 0.29) is 5.91 Å². The minimum atomic E-state index is -0.227. The quantitative estimate of drug-likeness (QED) is 0.450. The van der Waals surface area contributed by atoms with Gasteiger partial charge < -0.3 is 4.57 Å². The second kappa shape index (κ2) is 4.98. The van der Waals surface area contributed by atoms with Crippen LogP contribution in [0, 0.1) is 0 Å². The van der Waals surface area contributed by atoms with E-state index in [4.69, 9.17) is 5.84 Å². The van der Waals surface area contributed by atoms with Crippen LogP contribution in [-0.4, -0.2) is 10.5 Å². The average Bonchev–Trinajstić information content (AvgIpc) is 2.70. The maximum atomic E-state index is 11.5.